The van der Waals surface area contributed by atoms with Crippen molar-refractivity contribution >= 4 is 36.6 Å². The van der Waals surface area contributed by atoms with Gasteiger partial charge in [-0.05, 0) is 22.0 Å². The van der Waals surface area contributed by atoms with Gasteiger partial charge < -0.3 is 4.42 Å². The molecular weight excluding hydrogens is 252 g/mol. The Bertz CT molecular complexity index is 229. The van der Waals surface area contributed by atoms with Crippen LogP contribution >= 0.6 is 31.9 Å². The third kappa shape index (κ3) is 1.43. The minimum absolute atomic E-state index is 0.251. The summed E-state index contributed by atoms with van der Waals surface area (Å²) in [6.07, 6.45) is 1.44. The molecule has 0 saturated heterocycles. The highest BCUT2D eigenvalue weighted by Gasteiger charge is 2.08. The third-order valence-electron chi connectivity index (χ3n) is 0.796. The van der Waals surface area contributed by atoms with Gasteiger partial charge in [-0.2, -0.15) is 0 Å². The molecule has 0 N–H and O–H groups in total. The first-order valence-electron chi connectivity index (χ1n) is 2.14. The number of carbonyl (C=O) groups is 1. The zero-order valence-corrected chi connectivity index (χ0v) is 7.40. The van der Waals surface area contributed by atoms with Crippen LogP contribution in [0.4, 0.5) is 0 Å². The maximum absolute atomic E-state index is 10.5. The van der Waals surface area contributed by atoms with Crippen molar-refractivity contribution in [3.63, 3.8) is 0 Å². The maximum Gasteiger partial charge on any atom is 0.264 e. The molecule has 0 saturated carbocycles. The van der Waals surface area contributed by atoms with Crippen molar-refractivity contribution < 1.29 is 9.21 Å². The standard InChI is InChI=1S/C5H2Br2O2/c6-3-1-2-9-4(3)5(7)8/h1-2H. The van der Waals surface area contributed by atoms with Crippen LogP contribution in [0.5, 0.6) is 0 Å². The second-order valence-corrected chi connectivity index (χ2v) is 2.95. The average molecular weight is 254 g/mol. The molecular formula is C5H2Br2O2. The summed E-state index contributed by atoms with van der Waals surface area (Å²) in [6, 6.07) is 1.66. The van der Waals surface area contributed by atoms with Crippen LogP contribution in [-0.2, 0) is 0 Å². The fraction of sp³-hybridized carbons (Fsp3) is 0. The molecule has 0 aliphatic heterocycles. The molecule has 1 aromatic rings. The fourth-order valence-corrected chi connectivity index (χ4v) is 1.39. The van der Waals surface area contributed by atoms with E-state index in [-0.39, 0.29) is 4.69 Å². The maximum atomic E-state index is 10.5. The van der Waals surface area contributed by atoms with Gasteiger partial charge in [-0.3, -0.25) is 4.79 Å². The molecule has 1 aromatic heterocycles. The average Bonchev–Trinajstić information content (AvgIpc) is 2.13. The summed E-state index contributed by atoms with van der Waals surface area (Å²) >= 11 is 5.87. The van der Waals surface area contributed by atoms with Crippen molar-refractivity contribution in [2.45, 2.75) is 0 Å². The topological polar surface area (TPSA) is 30.2 Å². The molecule has 48 valence electrons. The number of carbonyl (C=O) groups excluding carboxylic acids is 1. The van der Waals surface area contributed by atoms with Gasteiger partial charge in [0.25, 0.3) is 4.69 Å². The summed E-state index contributed by atoms with van der Waals surface area (Å²) in [7, 11) is 0. The van der Waals surface area contributed by atoms with Crippen LogP contribution in [0.3, 0.4) is 0 Å². The Balaban J connectivity index is 3.08. The summed E-state index contributed by atoms with van der Waals surface area (Å²) < 4.78 is 5.20. The number of furan rings is 1. The van der Waals surface area contributed by atoms with Crippen LogP contribution < -0.4 is 0 Å². The van der Waals surface area contributed by atoms with Gasteiger partial charge in [0.05, 0.1) is 10.7 Å². The lowest BCUT2D eigenvalue weighted by molar-refractivity contribution is 0.107. The van der Waals surface area contributed by atoms with E-state index in [4.69, 9.17) is 4.42 Å². The Kier molecular flexibility index (Phi) is 2.08. The van der Waals surface area contributed by atoms with Crippen molar-refractivity contribution in [2.24, 2.45) is 0 Å². The van der Waals surface area contributed by atoms with Crippen LogP contribution in [-0.4, -0.2) is 4.69 Å². The van der Waals surface area contributed by atoms with Gasteiger partial charge in [0.2, 0.25) is 0 Å². The first-order chi connectivity index (χ1) is 4.22. The van der Waals surface area contributed by atoms with E-state index in [9.17, 15) is 4.79 Å². The van der Waals surface area contributed by atoms with E-state index in [0.717, 1.165) is 0 Å². The molecule has 1 rings (SSSR count). The Morgan fingerprint density at radius 3 is 2.56 bits per heavy atom. The summed E-state index contributed by atoms with van der Waals surface area (Å²) in [5.74, 6) is 0.301. The van der Waals surface area contributed by atoms with Crippen molar-refractivity contribution in [3.8, 4) is 0 Å². The lowest BCUT2D eigenvalue weighted by Crippen LogP contribution is -1.82. The second-order valence-electron chi connectivity index (χ2n) is 1.37. The molecule has 2 nitrogen and oxygen atoms in total. The number of rotatable bonds is 1. The molecule has 4 heteroatoms. The van der Waals surface area contributed by atoms with Crippen LogP contribution in [0.2, 0.25) is 0 Å². The number of hydrogen-bond acceptors (Lipinski definition) is 2. The Morgan fingerprint density at radius 2 is 2.33 bits per heavy atom. The monoisotopic (exact) mass is 252 g/mol. The van der Waals surface area contributed by atoms with Crippen LogP contribution in [0, 0.1) is 0 Å². The zero-order valence-electron chi connectivity index (χ0n) is 4.23. The first kappa shape index (κ1) is 7.02. The molecule has 1 heterocycles. The van der Waals surface area contributed by atoms with E-state index >= 15 is 0 Å². The second kappa shape index (κ2) is 2.66. The zero-order chi connectivity index (χ0) is 6.85. The smallest absolute Gasteiger partial charge is 0.264 e. The Labute approximate surface area is 68.5 Å². The van der Waals surface area contributed by atoms with Gasteiger partial charge in [0, 0.05) is 15.9 Å². The highest BCUT2D eigenvalue weighted by Crippen LogP contribution is 2.19. The molecule has 9 heavy (non-hydrogen) atoms. The minimum atomic E-state index is -0.251. The van der Waals surface area contributed by atoms with Gasteiger partial charge in [-0.15, -0.1) is 0 Å². The molecule has 0 aromatic carbocycles. The molecule has 0 unspecified atom stereocenters. The van der Waals surface area contributed by atoms with E-state index < -0.39 is 0 Å². The molecule has 0 atom stereocenters. The van der Waals surface area contributed by atoms with Crippen molar-refractivity contribution in [1.29, 1.82) is 0 Å². The van der Waals surface area contributed by atoms with Gasteiger partial charge in [-0.25, -0.2) is 0 Å². The summed E-state index contributed by atoms with van der Waals surface area (Å²) in [5, 5.41) is 0. The predicted octanol–water partition coefficient (Wildman–Crippen LogP) is 2.58. The van der Waals surface area contributed by atoms with E-state index in [1.165, 1.54) is 6.26 Å². The van der Waals surface area contributed by atoms with Crippen molar-refractivity contribution in [1.82, 2.24) is 0 Å². The summed E-state index contributed by atoms with van der Waals surface area (Å²) in [4.78, 5) is 10.5. The fourth-order valence-electron chi connectivity index (χ4n) is 0.434. The van der Waals surface area contributed by atoms with E-state index in [2.05, 4.69) is 31.9 Å². The van der Waals surface area contributed by atoms with Crippen LogP contribution in [0.15, 0.2) is 21.2 Å². The molecule has 0 radical (unpaired) electrons. The normalized spacial score (nSPS) is 9.56. The largest absolute Gasteiger partial charge is 0.459 e. The highest BCUT2D eigenvalue weighted by molar-refractivity contribution is 9.18. The lowest BCUT2D eigenvalue weighted by Gasteiger charge is -1.83. The van der Waals surface area contributed by atoms with Gasteiger partial charge in [-0.1, -0.05) is 0 Å². The first-order valence-corrected chi connectivity index (χ1v) is 3.73. The van der Waals surface area contributed by atoms with Crippen molar-refractivity contribution in [3.05, 3.63) is 22.6 Å². The molecule has 0 amide bonds. The number of halogens is 2. The molecule has 0 aliphatic rings. The van der Waals surface area contributed by atoms with Gasteiger partial charge in [0.1, 0.15) is 0 Å². The lowest BCUT2D eigenvalue weighted by atomic mass is 10.5. The quantitative estimate of drug-likeness (QED) is 0.721. The Hall–Kier alpha value is -0.0900. The Morgan fingerprint density at radius 1 is 1.67 bits per heavy atom. The van der Waals surface area contributed by atoms with Gasteiger partial charge in [0.15, 0.2) is 5.76 Å². The predicted molar refractivity (Wildman–Crippen MR) is 39.7 cm³/mol. The summed E-state index contributed by atoms with van der Waals surface area (Å²) in [6.45, 7) is 0. The molecule has 0 bridgehead atoms. The molecule has 0 spiro atoms. The van der Waals surface area contributed by atoms with Gasteiger partial charge >= 0.3 is 0 Å². The van der Waals surface area contributed by atoms with E-state index in [1.807, 2.05) is 0 Å². The third-order valence-corrected chi connectivity index (χ3v) is 1.78. The minimum Gasteiger partial charge on any atom is -0.459 e. The number of hydrogen-bond donors (Lipinski definition) is 0. The summed E-state index contributed by atoms with van der Waals surface area (Å²) in [5.41, 5.74) is 0. The van der Waals surface area contributed by atoms with Crippen molar-refractivity contribution in [2.75, 3.05) is 0 Å². The SMILES string of the molecule is O=C(Br)c1occc1Br. The highest BCUT2D eigenvalue weighted by atomic mass is 79.9. The van der Waals surface area contributed by atoms with Crippen LogP contribution in [0.25, 0.3) is 0 Å². The van der Waals surface area contributed by atoms with E-state index in [1.54, 1.807) is 6.07 Å². The van der Waals surface area contributed by atoms with Crippen LogP contribution in [0.1, 0.15) is 10.6 Å². The molecule has 0 fully saturated rings. The molecule has 0 aliphatic carbocycles. The van der Waals surface area contributed by atoms with E-state index in [0.29, 0.717) is 10.2 Å².